The van der Waals surface area contributed by atoms with Crippen LogP contribution in [0.25, 0.3) is 11.3 Å². The van der Waals surface area contributed by atoms with Crippen LogP contribution >= 0.6 is 0 Å². The van der Waals surface area contributed by atoms with Crippen molar-refractivity contribution in [2.75, 3.05) is 29.9 Å². The Bertz CT molecular complexity index is 1030. The molecule has 1 aliphatic rings. The predicted octanol–water partition coefficient (Wildman–Crippen LogP) is 4.77. The Kier molecular flexibility index (Phi) is 6.46. The van der Waals surface area contributed by atoms with E-state index >= 15 is 0 Å². The SMILES string of the molecule is Cc1ccc(C)c(OCC(=O)Nc2ccc(-c3ccc(N4CCCCC4)nn3)cc2)c1. The standard InChI is InChI=1S/C25H28N4O2/c1-18-6-7-19(2)23(16-18)31-17-25(30)26-21-10-8-20(9-11-21)22-12-13-24(28-27-22)29-14-4-3-5-15-29/h6-13,16H,3-5,14-15,17H2,1-2H3,(H,26,30). The molecule has 0 aliphatic carbocycles. The summed E-state index contributed by atoms with van der Waals surface area (Å²) in [6.07, 6.45) is 3.72. The van der Waals surface area contributed by atoms with Crippen molar-refractivity contribution in [3.05, 3.63) is 65.7 Å². The predicted molar refractivity (Wildman–Crippen MR) is 124 cm³/mol. The number of anilines is 2. The van der Waals surface area contributed by atoms with Crippen LogP contribution in [0.2, 0.25) is 0 Å². The third-order valence-corrected chi connectivity index (χ3v) is 5.50. The monoisotopic (exact) mass is 416 g/mol. The molecule has 3 aromatic rings. The van der Waals surface area contributed by atoms with Gasteiger partial charge in [-0.25, -0.2) is 0 Å². The van der Waals surface area contributed by atoms with Crippen LogP contribution in [0.1, 0.15) is 30.4 Å². The summed E-state index contributed by atoms with van der Waals surface area (Å²) in [5.41, 5.74) is 4.61. The van der Waals surface area contributed by atoms with Gasteiger partial charge in [-0.15, -0.1) is 10.2 Å². The quantitative estimate of drug-likeness (QED) is 0.627. The maximum absolute atomic E-state index is 12.3. The molecule has 1 amide bonds. The van der Waals surface area contributed by atoms with Gasteiger partial charge >= 0.3 is 0 Å². The summed E-state index contributed by atoms with van der Waals surface area (Å²) in [6.45, 7) is 6.04. The van der Waals surface area contributed by atoms with Crippen LogP contribution in [0.4, 0.5) is 11.5 Å². The lowest BCUT2D eigenvalue weighted by atomic mass is 10.1. The summed E-state index contributed by atoms with van der Waals surface area (Å²) in [6, 6.07) is 17.6. The molecule has 0 atom stereocenters. The fourth-order valence-corrected chi connectivity index (χ4v) is 3.70. The van der Waals surface area contributed by atoms with Gasteiger partial charge in [-0.2, -0.15) is 0 Å². The highest BCUT2D eigenvalue weighted by molar-refractivity contribution is 5.92. The molecule has 1 aliphatic heterocycles. The lowest BCUT2D eigenvalue weighted by Gasteiger charge is -2.27. The number of carbonyl (C=O) groups excluding carboxylic acids is 1. The van der Waals surface area contributed by atoms with E-state index < -0.39 is 0 Å². The van der Waals surface area contributed by atoms with Crippen molar-refractivity contribution in [2.45, 2.75) is 33.1 Å². The molecule has 0 spiro atoms. The van der Waals surface area contributed by atoms with Gasteiger partial charge in [-0.3, -0.25) is 4.79 Å². The maximum atomic E-state index is 12.3. The first-order chi connectivity index (χ1) is 15.1. The highest BCUT2D eigenvalue weighted by Crippen LogP contribution is 2.23. The fourth-order valence-electron chi connectivity index (χ4n) is 3.70. The summed E-state index contributed by atoms with van der Waals surface area (Å²) in [7, 11) is 0. The number of carbonyl (C=O) groups is 1. The van der Waals surface area contributed by atoms with Gasteiger partial charge < -0.3 is 15.0 Å². The van der Waals surface area contributed by atoms with E-state index in [-0.39, 0.29) is 12.5 Å². The molecule has 4 rings (SSSR count). The van der Waals surface area contributed by atoms with E-state index in [1.807, 2.05) is 68.4 Å². The summed E-state index contributed by atoms with van der Waals surface area (Å²) in [5, 5.41) is 11.7. The van der Waals surface area contributed by atoms with E-state index in [9.17, 15) is 4.79 Å². The van der Waals surface area contributed by atoms with E-state index in [1.54, 1.807) is 0 Å². The second kappa shape index (κ2) is 9.60. The Morgan fingerprint density at radius 1 is 0.968 bits per heavy atom. The Morgan fingerprint density at radius 3 is 2.45 bits per heavy atom. The molecule has 0 saturated carbocycles. The zero-order chi connectivity index (χ0) is 21.6. The van der Waals surface area contributed by atoms with Gasteiger partial charge in [0.1, 0.15) is 5.75 Å². The minimum absolute atomic E-state index is 0.0323. The number of hydrogen-bond donors (Lipinski definition) is 1. The number of rotatable bonds is 6. The molecular formula is C25H28N4O2. The zero-order valence-electron chi connectivity index (χ0n) is 18.1. The van der Waals surface area contributed by atoms with Crippen LogP contribution in [0.15, 0.2) is 54.6 Å². The summed E-state index contributed by atoms with van der Waals surface area (Å²) in [5.74, 6) is 1.48. The largest absolute Gasteiger partial charge is 0.483 e. The molecule has 1 saturated heterocycles. The number of amides is 1. The van der Waals surface area contributed by atoms with Crippen molar-refractivity contribution in [1.82, 2.24) is 10.2 Å². The number of nitrogens with one attached hydrogen (secondary N) is 1. The van der Waals surface area contributed by atoms with Gasteiger partial charge in [0.05, 0.1) is 5.69 Å². The highest BCUT2D eigenvalue weighted by Gasteiger charge is 2.13. The third kappa shape index (κ3) is 5.40. The molecular weight excluding hydrogens is 388 g/mol. The molecule has 160 valence electrons. The Balaban J connectivity index is 1.33. The van der Waals surface area contributed by atoms with E-state index in [4.69, 9.17) is 4.74 Å². The van der Waals surface area contributed by atoms with Crippen LogP contribution in [-0.2, 0) is 4.79 Å². The molecule has 2 heterocycles. The topological polar surface area (TPSA) is 67.3 Å². The van der Waals surface area contributed by atoms with E-state index in [0.29, 0.717) is 0 Å². The van der Waals surface area contributed by atoms with Crippen molar-refractivity contribution in [2.24, 2.45) is 0 Å². The molecule has 0 radical (unpaired) electrons. The van der Waals surface area contributed by atoms with Crippen LogP contribution < -0.4 is 15.0 Å². The summed E-state index contributed by atoms with van der Waals surface area (Å²) >= 11 is 0. The van der Waals surface area contributed by atoms with Gasteiger partial charge in [0.15, 0.2) is 12.4 Å². The van der Waals surface area contributed by atoms with Crippen molar-refractivity contribution >= 4 is 17.4 Å². The molecule has 6 heteroatoms. The molecule has 1 aromatic heterocycles. The molecule has 0 bridgehead atoms. The average molecular weight is 417 g/mol. The summed E-state index contributed by atoms with van der Waals surface area (Å²) in [4.78, 5) is 14.6. The van der Waals surface area contributed by atoms with Crippen molar-refractivity contribution < 1.29 is 9.53 Å². The van der Waals surface area contributed by atoms with Gasteiger partial charge in [0.25, 0.3) is 5.91 Å². The van der Waals surface area contributed by atoms with E-state index in [1.165, 1.54) is 19.3 Å². The number of aryl methyl sites for hydroxylation is 2. The lowest BCUT2D eigenvalue weighted by molar-refractivity contribution is -0.118. The van der Waals surface area contributed by atoms with Crippen molar-refractivity contribution in [3.8, 4) is 17.0 Å². The first-order valence-corrected chi connectivity index (χ1v) is 10.8. The first kappa shape index (κ1) is 20.8. The Labute approximate surface area is 183 Å². The molecule has 2 aromatic carbocycles. The van der Waals surface area contributed by atoms with Gasteiger partial charge in [0, 0.05) is 24.3 Å². The summed E-state index contributed by atoms with van der Waals surface area (Å²) < 4.78 is 5.67. The third-order valence-electron chi connectivity index (χ3n) is 5.50. The Hall–Kier alpha value is -3.41. The average Bonchev–Trinajstić information content (AvgIpc) is 2.81. The van der Waals surface area contributed by atoms with Gasteiger partial charge in [0.2, 0.25) is 0 Å². The molecule has 6 nitrogen and oxygen atoms in total. The van der Waals surface area contributed by atoms with E-state index in [2.05, 4.69) is 20.4 Å². The number of nitrogens with zero attached hydrogens (tertiary/aromatic N) is 3. The van der Waals surface area contributed by atoms with Crippen LogP contribution in [0.3, 0.4) is 0 Å². The highest BCUT2D eigenvalue weighted by atomic mass is 16.5. The molecule has 31 heavy (non-hydrogen) atoms. The first-order valence-electron chi connectivity index (χ1n) is 10.8. The normalized spacial score (nSPS) is 13.7. The van der Waals surface area contributed by atoms with Crippen molar-refractivity contribution in [1.29, 1.82) is 0 Å². The van der Waals surface area contributed by atoms with Crippen LogP contribution in [0, 0.1) is 13.8 Å². The molecule has 1 N–H and O–H groups in total. The number of aromatic nitrogens is 2. The zero-order valence-corrected chi connectivity index (χ0v) is 18.1. The van der Waals surface area contributed by atoms with Crippen LogP contribution in [-0.4, -0.2) is 35.8 Å². The van der Waals surface area contributed by atoms with Crippen LogP contribution in [0.5, 0.6) is 5.75 Å². The minimum atomic E-state index is -0.195. The Morgan fingerprint density at radius 2 is 1.74 bits per heavy atom. The van der Waals surface area contributed by atoms with E-state index in [0.717, 1.165) is 52.7 Å². The fraction of sp³-hybridized carbons (Fsp3) is 0.320. The lowest BCUT2D eigenvalue weighted by Crippen LogP contribution is -2.30. The molecule has 0 unspecified atom stereocenters. The number of piperidine rings is 1. The number of ether oxygens (including phenoxy) is 1. The number of hydrogen-bond acceptors (Lipinski definition) is 5. The maximum Gasteiger partial charge on any atom is 0.262 e. The molecule has 1 fully saturated rings. The van der Waals surface area contributed by atoms with Gasteiger partial charge in [-0.1, -0.05) is 24.3 Å². The number of benzene rings is 2. The van der Waals surface area contributed by atoms with Crippen molar-refractivity contribution in [3.63, 3.8) is 0 Å². The second-order valence-corrected chi connectivity index (χ2v) is 8.01. The smallest absolute Gasteiger partial charge is 0.262 e. The second-order valence-electron chi connectivity index (χ2n) is 8.01. The van der Waals surface area contributed by atoms with Gasteiger partial charge in [-0.05, 0) is 74.6 Å². The minimum Gasteiger partial charge on any atom is -0.483 e.